The predicted octanol–water partition coefficient (Wildman–Crippen LogP) is 1.20. The molecule has 3 nitrogen and oxygen atoms in total. The van der Waals surface area contributed by atoms with Crippen molar-refractivity contribution in [2.45, 2.75) is 26.1 Å². The predicted molar refractivity (Wildman–Crippen MR) is 42.0 cm³/mol. The second kappa shape index (κ2) is 5.11. The molecular formula is C8H15NO2. The van der Waals surface area contributed by atoms with E-state index >= 15 is 0 Å². The number of rotatable bonds is 4. The van der Waals surface area contributed by atoms with E-state index in [9.17, 15) is 0 Å². The summed E-state index contributed by atoms with van der Waals surface area (Å²) in [6.07, 6.45) is -0.593. The summed E-state index contributed by atoms with van der Waals surface area (Å²) >= 11 is 0. The molecule has 2 atom stereocenters. The Hall–Kier alpha value is -0.590. The van der Waals surface area contributed by atoms with E-state index in [1.165, 1.54) is 7.11 Å². The summed E-state index contributed by atoms with van der Waals surface area (Å²) in [5.74, 6) is 0.296. The van der Waals surface area contributed by atoms with E-state index in [1.54, 1.807) is 7.11 Å². The molecule has 0 saturated heterocycles. The van der Waals surface area contributed by atoms with E-state index in [4.69, 9.17) is 14.7 Å². The highest BCUT2D eigenvalue weighted by Crippen LogP contribution is 2.11. The van der Waals surface area contributed by atoms with E-state index in [1.807, 2.05) is 19.9 Å². The van der Waals surface area contributed by atoms with Crippen LogP contribution in [0, 0.1) is 17.2 Å². The Morgan fingerprint density at radius 1 is 1.18 bits per heavy atom. The standard InChI is InChI=1S/C8H15NO2/c1-6(2)8(11-4)7(5-9)10-3/h6-8H,1-4H3. The van der Waals surface area contributed by atoms with E-state index in [0.717, 1.165) is 0 Å². The molecule has 2 unspecified atom stereocenters. The smallest absolute Gasteiger partial charge is 0.169 e. The van der Waals surface area contributed by atoms with Crippen molar-refractivity contribution < 1.29 is 9.47 Å². The van der Waals surface area contributed by atoms with E-state index < -0.39 is 6.10 Å². The third-order valence-electron chi connectivity index (χ3n) is 1.61. The van der Waals surface area contributed by atoms with Crippen LogP contribution in [0.3, 0.4) is 0 Å². The normalized spacial score (nSPS) is 16.0. The molecule has 0 amide bonds. The summed E-state index contributed by atoms with van der Waals surface area (Å²) in [7, 11) is 3.11. The van der Waals surface area contributed by atoms with Gasteiger partial charge in [-0.3, -0.25) is 0 Å². The maximum absolute atomic E-state index is 8.62. The van der Waals surface area contributed by atoms with Crippen LogP contribution < -0.4 is 0 Å². The monoisotopic (exact) mass is 157 g/mol. The number of nitriles is 1. The Morgan fingerprint density at radius 3 is 1.82 bits per heavy atom. The lowest BCUT2D eigenvalue weighted by molar-refractivity contribution is -0.0318. The summed E-state index contributed by atoms with van der Waals surface area (Å²) in [6, 6.07) is 2.04. The van der Waals surface area contributed by atoms with Crippen molar-refractivity contribution >= 4 is 0 Å². The highest BCUT2D eigenvalue weighted by molar-refractivity contribution is 4.91. The third-order valence-corrected chi connectivity index (χ3v) is 1.61. The first-order valence-electron chi connectivity index (χ1n) is 3.62. The number of methoxy groups -OCH3 is 2. The van der Waals surface area contributed by atoms with Gasteiger partial charge in [0.05, 0.1) is 12.2 Å². The largest absolute Gasteiger partial charge is 0.377 e. The van der Waals surface area contributed by atoms with Crippen LogP contribution in [0.1, 0.15) is 13.8 Å². The minimum atomic E-state index is -0.458. The molecule has 0 aromatic rings. The first kappa shape index (κ1) is 10.4. The van der Waals surface area contributed by atoms with Crippen molar-refractivity contribution in [3.63, 3.8) is 0 Å². The molecule has 0 aromatic carbocycles. The van der Waals surface area contributed by atoms with Crippen LogP contribution in [0.15, 0.2) is 0 Å². The lowest BCUT2D eigenvalue weighted by atomic mass is 10.0. The van der Waals surface area contributed by atoms with Crippen LogP contribution in [-0.2, 0) is 9.47 Å². The number of ether oxygens (including phenoxy) is 2. The van der Waals surface area contributed by atoms with Crippen LogP contribution in [0.4, 0.5) is 0 Å². The van der Waals surface area contributed by atoms with Crippen LogP contribution in [-0.4, -0.2) is 26.4 Å². The minimum Gasteiger partial charge on any atom is -0.377 e. The molecule has 3 heteroatoms. The van der Waals surface area contributed by atoms with E-state index in [-0.39, 0.29) is 6.10 Å². The van der Waals surface area contributed by atoms with Crippen molar-refractivity contribution in [3.05, 3.63) is 0 Å². The molecule has 0 radical (unpaired) electrons. The zero-order valence-electron chi connectivity index (χ0n) is 7.50. The molecule has 0 saturated carbocycles. The molecule has 0 rings (SSSR count). The Bertz CT molecular complexity index is 140. The molecule has 0 aromatic heterocycles. The van der Waals surface area contributed by atoms with Gasteiger partial charge in [-0.05, 0) is 5.92 Å². The molecule has 0 aliphatic carbocycles. The maximum Gasteiger partial charge on any atom is 0.169 e. The molecule has 64 valence electrons. The lowest BCUT2D eigenvalue weighted by Crippen LogP contribution is -2.33. The highest BCUT2D eigenvalue weighted by Gasteiger charge is 2.23. The summed E-state index contributed by atoms with van der Waals surface area (Å²) in [5, 5.41) is 8.62. The Balaban J connectivity index is 4.12. The van der Waals surface area contributed by atoms with Crippen LogP contribution in [0.5, 0.6) is 0 Å². The van der Waals surface area contributed by atoms with Gasteiger partial charge in [0.1, 0.15) is 0 Å². The number of nitrogens with zero attached hydrogens (tertiary/aromatic N) is 1. The first-order chi connectivity index (χ1) is 5.17. The topological polar surface area (TPSA) is 42.2 Å². The SMILES string of the molecule is COC(C#N)C(OC)C(C)C. The summed E-state index contributed by atoms with van der Waals surface area (Å²) in [6.45, 7) is 4.00. The summed E-state index contributed by atoms with van der Waals surface area (Å²) in [5.41, 5.74) is 0. The summed E-state index contributed by atoms with van der Waals surface area (Å²) < 4.78 is 10.0. The number of hydrogen-bond donors (Lipinski definition) is 0. The van der Waals surface area contributed by atoms with Crippen LogP contribution in [0.2, 0.25) is 0 Å². The molecule has 0 bridgehead atoms. The Kier molecular flexibility index (Phi) is 4.84. The fraction of sp³-hybridized carbons (Fsp3) is 0.875. The van der Waals surface area contributed by atoms with Gasteiger partial charge in [0.2, 0.25) is 0 Å². The van der Waals surface area contributed by atoms with Gasteiger partial charge in [-0.2, -0.15) is 5.26 Å². The second-order valence-corrected chi connectivity index (χ2v) is 2.73. The third kappa shape index (κ3) is 2.87. The van der Waals surface area contributed by atoms with Gasteiger partial charge in [-0.15, -0.1) is 0 Å². The summed E-state index contributed by atoms with van der Waals surface area (Å²) in [4.78, 5) is 0. The van der Waals surface area contributed by atoms with E-state index in [0.29, 0.717) is 5.92 Å². The van der Waals surface area contributed by atoms with Gasteiger partial charge in [0.25, 0.3) is 0 Å². The molecule has 0 aliphatic rings. The zero-order chi connectivity index (χ0) is 8.85. The molecule has 0 aliphatic heterocycles. The van der Waals surface area contributed by atoms with E-state index in [2.05, 4.69) is 0 Å². The lowest BCUT2D eigenvalue weighted by Gasteiger charge is -2.22. The number of hydrogen-bond acceptors (Lipinski definition) is 3. The zero-order valence-corrected chi connectivity index (χ0v) is 7.50. The second-order valence-electron chi connectivity index (χ2n) is 2.73. The van der Waals surface area contributed by atoms with Gasteiger partial charge in [-0.1, -0.05) is 13.8 Å². The molecular weight excluding hydrogens is 142 g/mol. The Morgan fingerprint density at radius 2 is 1.73 bits per heavy atom. The van der Waals surface area contributed by atoms with Crippen LogP contribution in [0.25, 0.3) is 0 Å². The quantitative estimate of drug-likeness (QED) is 0.615. The van der Waals surface area contributed by atoms with Gasteiger partial charge in [0.15, 0.2) is 6.10 Å². The van der Waals surface area contributed by atoms with Crippen molar-refractivity contribution in [3.8, 4) is 6.07 Å². The maximum atomic E-state index is 8.62. The van der Waals surface area contributed by atoms with Crippen molar-refractivity contribution in [1.29, 1.82) is 5.26 Å². The van der Waals surface area contributed by atoms with Gasteiger partial charge in [-0.25, -0.2) is 0 Å². The molecule has 0 N–H and O–H groups in total. The Labute approximate surface area is 67.9 Å². The minimum absolute atomic E-state index is 0.134. The van der Waals surface area contributed by atoms with Crippen molar-refractivity contribution in [1.82, 2.24) is 0 Å². The highest BCUT2D eigenvalue weighted by atomic mass is 16.5. The molecule has 11 heavy (non-hydrogen) atoms. The molecule has 0 spiro atoms. The average Bonchev–Trinajstić information content (AvgIpc) is 1.99. The van der Waals surface area contributed by atoms with Crippen molar-refractivity contribution in [2.24, 2.45) is 5.92 Å². The van der Waals surface area contributed by atoms with Gasteiger partial charge < -0.3 is 9.47 Å². The van der Waals surface area contributed by atoms with Gasteiger partial charge >= 0.3 is 0 Å². The van der Waals surface area contributed by atoms with Crippen LogP contribution >= 0.6 is 0 Å². The fourth-order valence-electron chi connectivity index (χ4n) is 1.01. The molecule has 0 fully saturated rings. The fourth-order valence-corrected chi connectivity index (χ4v) is 1.01. The van der Waals surface area contributed by atoms with Gasteiger partial charge in [0, 0.05) is 14.2 Å². The average molecular weight is 157 g/mol. The first-order valence-corrected chi connectivity index (χ1v) is 3.62. The van der Waals surface area contributed by atoms with Crippen molar-refractivity contribution in [2.75, 3.05) is 14.2 Å². The molecule has 0 heterocycles.